The van der Waals surface area contributed by atoms with Crippen molar-refractivity contribution < 1.29 is 63.9 Å². The van der Waals surface area contributed by atoms with Crippen molar-refractivity contribution >= 4 is 5.97 Å². The second kappa shape index (κ2) is 13.2. The van der Waals surface area contributed by atoms with Crippen LogP contribution in [-0.2, 0) is 19.0 Å². The van der Waals surface area contributed by atoms with Crippen LogP contribution in [0.4, 0.5) is 0 Å². The molecular weight excluding hydrogens is 544 g/mol. The lowest BCUT2D eigenvalue weighted by Crippen LogP contribution is -2.60. The van der Waals surface area contributed by atoms with Crippen molar-refractivity contribution in [1.29, 1.82) is 0 Å². The van der Waals surface area contributed by atoms with E-state index in [2.05, 4.69) is 0 Å². The molecule has 0 radical (unpaired) electrons. The fraction of sp³-hybridized carbons (Fsp3) is 0.536. The fourth-order valence-electron chi connectivity index (χ4n) is 5.24. The highest BCUT2D eigenvalue weighted by Crippen LogP contribution is 2.51. The van der Waals surface area contributed by atoms with E-state index in [9.17, 15) is 35.4 Å². The molecule has 41 heavy (non-hydrogen) atoms. The second-order valence-electron chi connectivity index (χ2n) is 9.95. The summed E-state index contributed by atoms with van der Waals surface area (Å²) in [5, 5.41) is 60.4. The fourth-order valence-corrected chi connectivity index (χ4v) is 5.24. The molecule has 2 aliphatic heterocycles. The summed E-state index contributed by atoms with van der Waals surface area (Å²) in [5.74, 6) is -0.934. The molecule has 2 aromatic rings. The van der Waals surface area contributed by atoms with Crippen LogP contribution in [0.1, 0.15) is 30.3 Å². The van der Waals surface area contributed by atoms with Gasteiger partial charge < -0.3 is 59.1 Å². The third-order valence-corrected chi connectivity index (χ3v) is 7.45. The number of ether oxygens (including phenoxy) is 6. The first kappa shape index (κ1) is 30.8. The third kappa shape index (κ3) is 6.36. The van der Waals surface area contributed by atoms with Gasteiger partial charge in [-0.2, -0.15) is 0 Å². The van der Waals surface area contributed by atoms with Gasteiger partial charge in [0.2, 0.25) is 6.29 Å². The highest BCUT2D eigenvalue weighted by molar-refractivity contribution is 5.65. The molecule has 4 rings (SSSR count). The maximum absolute atomic E-state index is 11.7. The Kier molecular flexibility index (Phi) is 9.92. The summed E-state index contributed by atoms with van der Waals surface area (Å²) in [6.45, 7) is 0.354. The second-order valence-corrected chi connectivity index (χ2v) is 9.95. The van der Waals surface area contributed by atoms with E-state index in [1.54, 1.807) is 24.3 Å². The van der Waals surface area contributed by atoms with Crippen molar-refractivity contribution in [1.82, 2.24) is 0 Å². The van der Waals surface area contributed by atoms with Gasteiger partial charge in [-0.05, 0) is 35.4 Å². The minimum absolute atomic E-state index is 0.0393. The summed E-state index contributed by atoms with van der Waals surface area (Å²) in [7, 11) is 2.82. The number of phenols is 1. The zero-order chi connectivity index (χ0) is 29.8. The van der Waals surface area contributed by atoms with E-state index >= 15 is 0 Å². The first-order chi connectivity index (χ1) is 19.6. The summed E-state index contributed by atoms with van der Waals surface area (Å²) in [4.78, 5) is 11.7. The molecule has 2 saturated heterocycles. The molecule has 2 aromatic carbocycles. The van der Waals surface area contributed by atoms with Crippen LogP contribution >= 0.6 is 0 Å². The number of carbonyl (C=O) groups is 1. The van der Waals surface area contributed by atoms with Crippen molar-refractivity contribution in [3.05, 3.63) is 47.5 Å². The van der Waals surface area contributed by atoms with Gasteiger partial charge in [0.05, 0.1) is 39.6 Å². The average Bonchev–Trinajstić information content (AvgIpc) is 3.35. The Morgan fingerprint density at radius 2 is 1.44 bits per heavy atom. The number of rotatable bonds is 10. The Morgan fingerprint density at radius 1 is 0.805 bits per heavy atom. The topological polar surface area (TPSA) is 194 Å². The third-order valence-electron chi connectivity index (χ3n) is 7.45. The van der Waals surface area contributed by atoms with Crippen molar-refractivity contribution in [2.45, 2.75) is 49.8 Å². The van der Waals surface area contributed by atoms with Crippen LogP contribution in [0.25, 0.3) is 0 Å². The predicted octanol–water partition coefficient (Wildman–Crippen LogP) is 0.189. The molecule has 6 N–H and O–H groups in total. The minimum atomic E-state index is -1.61. The number of benzene rings is 2. The summed E-state index contributed by atoms with van der Waals surface area (Å²) >= 11 is 0. The smallest absolute Gasteiger partial charge is 0.302 e. The van der Waals surface area contributed by atoms with E-state index in [1.807, 2.05) is 0 Å². The van der Waals surface area contributed by atoms with Crippen molar-refractivity contribution in [2.75, 3.05) is 34.0 Å². The van der Waals surface area contributed by atoms with Crippen LogP contribution in [-0.4, -0.2) is 101 Å². The first-order valence-electron chi connectivity index (χ1n) is 13.0. The summed E-state index contributed by atoms with van der Waals surface area (Å²) in [6.07, 6.45) is -8.65. The van der Waals surface area contributed by atoms with Gasteiger partial charge in [-0.25, -0.2) is 0 Å². The van der Waals surface area contributed by atoms with Gasteiger partial charge in [0.1, 0.15) is 24.4 Å². The predicted molar refractivity (Wildman–Crippen MR) is 139 cm³/mol. The van der Waals surface area contributed by atoms with Crippen LogP contribution in [0.15, 0.2) is 36.4 Å². The molecular formula is C28H36O13. The molecule has 9 atom stereocenters. The van der Waals surface area contributed by atoms with E-state index in [1.165, 1.54) is 33.3 Å². The zero-order valence-corrected chi connectivity index (χ0v) is 22.8. The maximum Gasteiger partial charge on any atom is 0.302 e. The molecule has 0 aliphatic carbocycles. The molecule has 0 bridgehead atoms. The van der Waals surface area contributed by atoms with Gasteiger partial charge in [-0.1, -0.05) is 12.1 Å². The van der Waals surface area contributed by atoms with Gasteiger partial charge in [0, 0.05) is 25.4 Å². The largest absolute Gasteiger partial charge is 0.504 e. The molecule has 0 aromatic heterocycles. The van der Waals surface area contributed by atoms with E-state index in [-0.39, 0.29) is 36.2 Å². The van der Waals surface area contributed by atoms with Gasteiger partial charge >= 0.3 is 5.97 Å². The highest BCUT2D eigenvalue weighted by Gasteiger charge is 2.47. The molecule has 0 spiro atoms. The minimum Gasteiger partial charge on any atom is -0.504 e. The molecule has 9 unspecified atom stereocenters. The first-order valence-corrected chi connectivity index (χ1v) is 13.0. The Morgan fingerprint density at radius 3 is 2.05 bits per heavy atom. The molecule has 0 amide bonds. The molecule has 2 heterocycles. The standard InChI is InChI=1S/C28H36O13/c1-13(31)38-12-17-16(10-29)26(14-4-6-18(32)20(8-14)36-2)41-27(17)15-5-7-19(21(9-15)37-3)39-28-25(35)24(34)23(33)22(11-30)40-28/h4-9,16-17,22-30,32-35H,10-12H2,1-3H3. The van der Waals surface area contributed by atoms with Gasteiger partial charge in [-0.3, -0.25) is 4.79 Å². The monoisotopic (exact) mass is 580 g/mol. The lowest BCUT2D eigenvalue weighted by molar-refractivity contribution is -0.277. The number of aliphatic hydroxyl groups excluding tert-OH is 5. The lowest BCUT2D eigenvalue weighted by Gasteiger charge is -2.39. The van der Waals surface area contributed by atoms with Crippen LogP contribution in [0.3, 0.4) is 0 Å². The normalized spacial score (nSPS) is 31.5. The number of hydrogen-bond donors (Lipinski definition) is 6. The maximum atomic E-state index is 11.7. The molecule has 0 saturated carbocycles. The highest BCUT2D eigenvalue weighted by atomic mass is 16.7. The van der Waals surface area contributed by atoms with E-state index in [4.69, 9.17) is 28.4 Å². The van der Waals surface area contributed by atoms with Crippen molar-refractivity contribution in [3.8, 4) is 23.0 Å². The van der Waals surface area contributed by atoms with Gasteiger partial charge in [-0.15, -0.1) is 0 Å². The van der Waals surface area contributed by atoms with Crippen molar-refractivity contribution in [3.63, 3.8) is 0 Å². The quantitative estimate of drug-likeness (QED) is 0.209. The van der Waals surface area contributed by atoms with Gasteiger partial charge in [0.15, 0.2) is 23.0 Å². The average molecular weight is 581 g/mol. The molecule has 226 valence electrons. The number of hydrogen-bond acceptors (Lipinski definition) is 13. The van der Waals surface area contributed by atoms with Crippen LogP contribution in [0.5, 0.6) is 23.0 Å². The van der Waals surface area contributed by atoms with Crippen LogP contribution < -0.4 is 14.2 Å². The number of aliphatic hydroxyl groups is 5. The van der Waals surface area contributed by atoms with Crippen LogP contribution in [0, 0.1) is 11.8 Å². The van der Waals surface area contributed by atoms with E-state index < -0.39 is 67.3 Å². The van der Waals surface area contributed by atoms with Crippen LogP contribution in [0.2, 0.25) is 0 Å². The number of phenolic OH excluding ortho intramolecular Hbond substituents is 1. The Bertz CT molecular complexity index is 1190. The molecule has 2 aliphatic rings. The summed E-state index contributed by atoms with van der Waals surface area (Å²) in [5.41, 5.74) is 1.25. The molecule has 2 fully saturated rings. The number of aromatic hydroxyl groups is 1. The SMILES string of the molecule is COc1cc(C2OC(c3ccc(OC4OC(CO)C(O)C(O)C4O)c(OC)c3)C(COC(C)=O)C2CO)ccc1O. The molecule has 13 heteroatoms. The summed E-state index contributed by atoms with van der Waals surface area (Å²) in [6, 6.07) is 9.57. The Hall–Kier alpha value is -3.17. The summed E-state index contributed by atoms with van der Waals surface area (Å²) < 4.78 is 33.7. The number of methoxy groups -OCH3 is 2. The van der Waals surface area contributed by atoms with E-state index in [0.717, 1.165) is 0 Å². The lowest BCUT2D eigenvalue weighted by atomic mass is 9.83. The Balaban J connectivity index is 1.64. The zero-order valence-electron chi connectivity index (χ0n) is 22.8. The Labute approximate surface area is 236 Å². The van der Waals surface area contributed by atoms with Gasteiger partial charge in [0.25, 0.3) is 0 Å². The number of carbonyl (C=O) groups excluding carboxylic acids is 1. The number of esters is 1. The molecule has 13 nitrogen and oxygen atoms in total. The van der Waals surface area contributed by atoms with E-state index in [0.29, 0.717) is 11.1 Å². The van der Waals surface area contributed by atoms with Crippen molar-refractivity contribution in [2.24, 2.45) is 11.8 Å².